The minimum atomic E-state index is -0.571. The number of benzene rings is 2. The molecule has 0 radical (unpaired) electrons. The molecule has 0 aliphatic carbocycles. The predicted molar refractivity (Wildman–Crippen MR) is 95.0 cm³/mol. The Hall–Kier alpha value is -2.24. The van der Waals surface area contributed by atoms with Crippen molar-refractivity contribution >= 4 is 17.5 Å². The van der Waals surface area contributed by atoms with E-state index in [2.05, 4.69) is 0 Å². The average molecular weight is 362 g/mol. The molecule has 2 aromatic rings. The maximum atomic E-state index is 12.4. The second-order valence-corrected chi connectivity index (χ2v) is 6.25. The third-order valence-electron chi connectivity index (χ3n) is 4.27. The van der Waals surface area contributed by atoms with Crippen molar-refractivity contribution < 1.29 is 19.0 Å². The van der Waals surface area contributed by atoms with Gasteiger partial charge < -0.3 is 19.1 Å². The Labute approximate surface area is 152 Å². The molecule has 3 rings (SSSR count). The van der Waals surface area contributed by atoms with Crippen molar-refractivity contribution in [2.24, 2.45) is 0 Å². The fourth-order valence-electron chi connectivity index (χ4n) is 2.92. The maximum Gasteiger partial charge on any atom is 0.251 e. The van der Waals surface area contributed by atoms with Crippen LogP contribution in [0, 0.1) is 6.92 Å². The first-order valence-electron chi connectivity index (χ1n) is 7.92. The molecule has 1 amide bonds. The van der Waals surface area contributed by atoms with E-state index in [4.69, 9.17) is 25.8 Å². The van der Waals surface area contributed by atoms with Gasteiger partial charge in [-0.15, -0.1) is 0 Å². The number of halogens is 1. The summed E-state index contributed by atoms with van der Waals surface area (Å²) in [4.78, 5) is 14.1. The first-order chi connectivity index (χ1) is 12.0. The van der Waals surface area contributed by atoms with Gasteiger partial charge in [-0.2, -0.15) is 0 Å². The van der Waals surface area contributed by atoms with Gasteiger partial charge in [-0.05, 0) is 36.2 Å². The van der Waals surface area contributed by atoms with E-state index in [1.54, 1.807) is 19.1 Å². The molecule has 0 spiro atoms. The van der Waals surface area contributed by atoms with Gasteiger partial charge in [-0.1, -0.05) is 29.8 Å². The van der Waals surface area contributed by atoms with Gasteiger partial charge in [0.15, 0.2) is 6.23 Å². The van der Waals surface area contributed by atoms with E-state index in [1.165, 1.54) is 0 Å². The Morgan fingerprint density at radius 3 is 2.48 bits per heavy atom. The Bertz CT molecular complexity index is 771. The molecule has 1 unspecified atom stereocenters. The van der Waals surface area contributed by atoms with E-state index in [0.717, 1.165) is 11.1 Å². The fraction of sp³-hybridized carbons (Fsp3) is 0.316. The van der Waals surface area contributed by atoms with Gasteiger partial charge in [0, 0.05) is 11.6 Å². The van der Waals surface area contributed by atoms with Gasteiger partial charge in [0.1, 0.15) is 18.1 Å². The van der Waals surface area contributed by atoms with Crippen LogP contribution in [0.5, 0.6) is 11.5 Å². The lowest BCUT2D eigenvalue weighted by atomic mass is 10.1. The zero-order valence-electron chi connectivity index (χ0n) is 14.4. The third kappa shape index (κ3) is 3.43. The maximum absolute atomic E-state index is 12.4. The van der Waals surface area contributed by atoms with E-state index in [9.17, 15) is 4.79 Å². The lowest BCUT2D eigenvalue weighted by Crippen LogP contribution is -2.28. The third-order valence-corrected chi connectivity index (χ3v) is 4.68. The van der Waals surface area contributed by atoms with Crippen molar-refractivity contribution in [1.29, 1.82) is 0 Å². The fourth-order valence-corrected chi connectivity index (χ4v) is 3.12. The standard InChI is InChI=1S/C19H20ClNO4/c1-12-7-8-13(9-14(12)20)10-21-17(22)11-25-19(21)18-15(23-2)5-4-6-16(18)24-3/h4-9,19H,10-11H2,1-3H3. The van der Waals surface area contributed by atoms with E-state index >= 15 is 0 Å². The summed E-state index contributed by atoms with van der Waals surface area (Å²) in [5, 5.41) is 0.677. The van der Waals surface area contributed by atoms with Gasteiger partial charge in [0.05, 0.1) is 19.8 Å². The summed E-state index contributed by atoms with van der Waals surface area (Å²) in [5.41, 5.74) is 2.64. The molecule has 0 aromatic heterocycles. The molecular formula is C19H20ClNO4. The van der Waals surface area contributed by atoms with E-state index in [0.29, 0.717) is 28.6 Å². The number of ether oxygens (including phenoxy) is 3. The highest BCUT2D eigenvalue weighted by molar-refractivity contribution is 6.31. The molecule has 0 N–H and O–H groups in total. The minimum absolute atomic E-state index is 0.0193. The number of methoxy groups -OCH3 is 2. The van der Waals surface area contributed by atoms with Crippen LogP contribution in [0.25, 0.3) is 0 Å². The van der Waals surface area contributed by atoms with Crippen LogP contribution in [0.3, 0.4) is 0 Å². The Balaban J connectivity index is 1.96. The van der Waals surface area contributed by atoms with Crippen LogP contribution >= 0.6 is 11.6 Å². The van der Waals surface area contributed by atoms with Crippen LogP contribution in [-0.4, -0.2) is 31.6 Å². The number of carbonyl (C=O) groups excluding carboxylic acids is 1. The van der Waals surface area contributed by atoms with Crippen LogP contribution in [0.2, 0.25) is 5.02 Å². The van der Waals surface area contributed by atoms with Crippen LogP contribution in [-0.2, 0) is 16.1 Å². The predicted octanol–water partition coefficient (Wildman–Crippen LogP) is 3.72. The van der Waals surface area contributed by atoms with Crippen molar-refractivity contribution in [3.05, 3.63) is 58.1 Å². The van der Waals surface area contributed by atoms with Crippen molar-refractivity contribution in [3.63, 3.8) is 0 Å². The average Bonchev–Trinajstić information content (AvgIpc) is 2.97. The number of hydrogen-bond acceptors (Lipinski definition) is 4. The second kappa shape index (κ2) is 7.33. The van der Waals surface area contributed by atoms with E-state index in [1.807, 2.05) is 43.3 Å². The lowest BCUT2D eigenvalue weighted by Gasteiger charge is -2.26. The lowest BCUT2D eigenvalue weighted by molar-refractivity contribution is -0.128. The summed E-state index contributed by atoms with van der Waals surface area (Å²) < 4.78 is 16.7. The number of hydrogen-bond donors (Lipinski definition) is 0. The summed E-state index contributed by atoms with van der Waals surface area (Å²) in [7, 11) is 3.16. The van der Waals surface area contributed by atoms with Gasteiger partial charge in [-0.25, -0.2) is 0 Å². The number of aryl methyl sites for hydroxylation is 1. The number of rotatable bonds is 5. The SMILES string of the molecule is COc1cccc(OC)c1C1OCC(=O)N1Cc1ccc(C)c(Cl)c1. The summed E-state index contributed by atoms with van der Waals surface area (Å²) in [6, 6.07) is 11.3. The summed E-state index contributed by atoms with van der Waals surface area (Å²) >= 11 is 6.21. The minimum Gasteiger partial charge on any atom is -0.496 e. The molecule has 0 bridgehead atoms. The monoisotopic (exact) mass is 361 g/mol. The Kier molecular flexibility index (Phi) is 5.16. The summed E-state index contributed by atoms with van der Waals surface area (Å²) in [6.07, 6.45) is -0.571. The molecule has 5 nitrogen and oxygen atoms in total. The van der Waals surface area contributed by atoms with Crippen LogP contribution in [0.1, 0.15) is 22.9 Å². The Morgan fingerprint density at radius 2 is 1.88 bits per heavy atom. The van der Waals surface area contributed by atoms with E-state index < -0.39 is 6.23 Å². The highest BCUT2D eigenvalue weighted by atomic mass is 35.5. The second-order valence-electron chi connectivity index (χ2n) is 5.84. The molecule has 1 saturated heterocycles. The molecule has 132 valence electrons. The van der Waals surface area contributed by atoms with Gasteiger partial charge in [-0.3, -0.25) is 4.79 Å². The summed E-state index contributed by atoms with van der Waals surface area (Å²) in [5.74, 6) is 1.15. The topological polar surface area (TPSA) is 48.0 Å². The highest BCUT2D eigenvalue weighted by Gasteiger charge is 2.37. The largest absolute Gasteiger partial charge is 0.496 e. The first-order valence-corrected chi connectivity index (χ1v) is 8.30. The molecule has 1 atom stereocenters. The number of amides is 1. The molecule has 2 aromatic carbocycles. The van der Waals surface area contributed by atoms with Gasteiger partial charge in [0.2, 0.25) is 0 Å². The Morgan fingerprint density at radius 1 is 1.20 bits per heavy atom. The first kappa shape index (κ1) is 17.6. The zero-order valence-corrected chi connectivity index (χ0v) is 15.2. The van der Waals surface area contributed by atoms with Crippen molar-refractivity contribution in [2.45, 2.75) is 19.7 Å². The number of carbonyl (C=O) groups is 1. The molecule has 1 fully saturated rings. The quantitative estimate of drug-likeness (QED) is 0.814. The highest BCUT2D eigenvalue weighted by Crippen LogP contribution is 2.40. The van der Waals surface area contributed by atoms with Crippen molar-refractivity contribution in [1.82, 2.24) is 4.90 Å². The number of nitrogens with zero attached hydrogens (tertiary/aromatic N) is 1. The molecule has 1 aliphatic heterocycles. The zero-order chi connectivity index (χ0) is 18.0. The van der Waals surface area contributed by atoms with Crippen LogP contribution in [0.15, 0.2) is 36.4 Å². The molecule has 1 aliphatic rings. The molecular weight excluding hydrogens is 342 g/mol. The molecule has 0 saturated carbocycles. The molecule has 25 heavy (non-hydrogen) atoms. The van der Waals surface area contributed by atoms with Crippen molar-refractivity contribution in [2.75, 3.05) is 20.8 Å². The smallest absolute Gasteiger partial charge is 0.251 e. The van der Waals surface area contributed by atoms with Crippen LogP contribution in [0.4, 0.5) is 0 Å². The van der Waals surface area contributed by atoms with Gasteiger partial charge >= 0.3 is 0 Å². The summed E-state index contributed by atoms with van der Waals surface area (Å²) in [6.45, 7) is 2.36. The van der Waals surface area contributed by atoms with Crippen molar-refractivity contribution in [3.8, 4) is 11.5 Å². The molecule has 1 heterocycles. The van der Waals surface area contributed by atoms with Crippen LogP contribution < -0.4 is 9.47 Å². The molecule has 6 heteroatoms. The van der Waals surface area contributed by atoms with Gasteiger partial charge in [0.25, 0.3) is 5.91 Å². The van der Waals surface area contributed by atoms with E-state index in [-0.39, 0.29) is 12.5 Å². The normalized spacial score (nSPS) is 17.0.